The maximum atomic E-state index is 11.9. The Morgan fingerprint density at radius 1 is 1.16 bits per heavy atom. The van der Waals surface area contributed by atoms with Crippen molar-refractivity contribution in [3.63, 3.8) is 0 Å². The molecule has 1 amide bonds. The van der Waals surface area contributed by atoms with Crippen LogP contribution in [0.1, 0.15) is 28.1 Å². The van der Waals surface area contributed by atoms with Crippen molar-refractivity contribution in [1.82, 2.24) is 10.3 Å². The minimum Gasteiger partial charge on any atom is -0.362 e. The van der Waals surface area contributed by atoms with E-state index in [0.717, 1.165) is 22.5 Å². The number of benzene rings is 1. The van der Waals surface area contributed by atoms with Gasteiger partial charge in [0, 0.05) is 17.9 Å². The van der Waals surface area contributed by atoms with Crippen LogP contribution in [0, 0.1) is 20.8 Å². The number of aromatic nitrogens is 1. The lowest BCUT2D eigenvalue weighted by Crippen LogP contribution is -2.24. The van der Waals surface area contributed by atoms with Crippen molar-refractivity contribution in [3.05, 3.63) is 58.4 Å². The molecule has 0 unspecified atom stereocenters. The second-order valence-corrected chi connectivity index (χ2v) is 5.04. The molecule has 0 aliphatic carbocycles. The van der Waals surface area contributed by atoms with Gasteiger partial charge in [0.15, 0.2) is 0 Å². The van der Waals surface area contributed by atoms with E-state index in [1.165, 1.54) is 5.56 Å². The molecule has 0 aliphatic heterocycles. The van der Waals surface area contributed by atoms with Crippen molar-refractivity contribution >= 4 is 5.91 Å². The van der Waals surface area contributed by atoms with Crippen LogP contribution in [-0.2, 0) is 17.8 Å². The summed E-state index contributed by atoms with van der Waals surface area (Å²) in [7, 11) is 0. The van der Waals surface area contributed by atoms with E-state index >= 15 is 0 Å². The highest BCUT2D eigenvalue weighted by Gasteiger charge is 2.07. The zero-order valence-corrected chi connectivity index (χ0v) is 11.7. The zero-order chi connectivity index (χ0) is 13.8. The maximum Gasteiger partial charge on any atom is 0.224 e. The number of nitrogens with one attached hydrogen (secondary N) is 2. The number of carbonyl (C=O) groups is 1. The highest BCUT2D eigenvalue weighted by atomic mass is 16.1. The SMILES string of the molecule is Cc1ccc(CNC(=O)Cc2cc(C)[nH]c2C)cc1. The summed E-state index contributed by atoms with van der Waals surface area (Å²) >= 11 is 0. The third-order valence-electron chi connectivity index (χ3n) is 3.22. The average molecular weight is 256 g/mol. The number of carbonyl (C=O) groups excluding carboxylic acids is 1. The molecule has 3 heteroatoms. The molecule has 0 aliphatic rings. The van der Waals surface area contributed by atoms with Gasteiger partial charge < -0.3 is 10.3 Å². The fourth-order valence-electron chi connectivity index (χ4n) is 2.11. The molecule has 2 N–H and O–H groups in total. The third-order valence-corrected chi connectivity index (χ3v) is 3.22. The van der Waals surface area contributed by atoms with Gasteiger partial charge >= 0.3 is 0 Å². The molecule has 2 aromatic rings. The molecule has 0 atom stereocenters. The first-order chi connectivity index (χ1) is 9.04. The van der Waals surface area contributed by atoms with E-state index in [2.05, 4.69) is 29.4 Å². The Morgan fingerprint density at radius 2 is 1.84 bits per heavy atom. The standard InChI is InChI=1S/C16H20N2O/c1-11-4-6-14(7-5-11)10-17-16(19)9-15-8-12(2)18-13(15)3/h4-8,18H,9-10H2,1-3H3,(H,17,19). The van der Waals surface area contributed by atoms with Gasteiger partial charge in [0.25, 0.3) is 0 Å². The Balaban J connectivity index is 1.88. The number of amides is 1. The lowest BCUT2D eigenvalue weighted by Gasteiger charge is -2.05. The highest BCUT2D eigenvalue weighted by molar-refractivity contribution is 5.78. The molecule has 3 nitrogen and oxygen atoms in total. The van der Waals surface area contributed by atoms with Crippen LogP contribution < -0.4 is 5.32 Å². The Labute approximate surface area is 114 Å². The summed E-state index contributed by atoms with van der Waals surface area (Å²) in [6.45, 7) is 6.64. The van der Waals surface area contributed by atoms with Gasteiger partial charge in [0.1, 0.15) is 0 Å². The van der Waals surface area contributed by atoms with Crippen LogP contribution in [0.5, 0.6) is 0 Å². The van der Waals surface area contributed by atoms with Gasteiger partial charge in [-0.2, -0.15) is 0 Å². The molecular weight excluding hydrogens is 236 g/mol. The van der Waals surface area contributed by atoms with Crippen LogP contribution in [-0.4, -0.2) is 10.9 Å². The van der Waals surface area contributed by atoms with Gasteiger partial charge in [-0.25, -0.2) is 0 Å². The van der Waals surface area contributed by atoms with Crippen LogP contribution in [0.2, 0.25) is 0 Å². The van der Waals surface area contributed by atoms with Gasteiger partial charge in [-0.1, -0.05) is 29.8 Å². The largest absolute Gasteiger partial charge is 0.362 e. The summed E-state index contributed by atoms with van der Waals surface area (Å²) in [6, 6.07) is 10.2. The van der Waals surface area contributed by atoms with Gasteiger partial charge in [0.2, 0.25) is 5.91 Å². The third kappa shape index (κ3) is 3.71. The van der Waals surface area contributed by atoms with Crippen molar-refractivity contribution < 1.29 is 4.79 Å². The molecule has 0 spiro atoms. The maximum absolute atomic E-state index is 11.9. The Bertz CT molecular complexity index is 567. The van der Waals surface area contributed by atoms with Crippen LogP contribution >= 0.6 is 0 Å². The highest BCUT2D eigenvalue weighted by Crippen LogP contribution is 2.10. The molecule has 1 aromatic heterocycles. The van der Waals surface area contributed by atoms with Crippen molar-refractivity contribution in [1.29, 1.82) is 0 Å². The number of rotatable bonds is 4. The lowest BCUT2D eigenvalue weighted by atomic mass is 10.1. The van der Waals surface area contributed by atoms with Crippen LogP contribution in [0.3, 0.4) is 0 Å². The normalized spacial score (nSPS) is 10.5. The molecule has 2 rings (SSSR count). The smallest absolute Gasteiger partial charge is 0.224 e. The van der Waals surface area contributed by atoms with Gasteiger partial charge in [-0.3, -0.25) is 4.79 Å². The first kappa shape index (κ1) is 13.4. The Kier molecular flexibility index (Phi) is 4.05. The summed E-state index contributed by atoms with van der Waals surface area (Å²) in [5.41, 5.74) is 5.59. The molecule has 1 aromatic carbocycles. The van der Waals surface area contributed by atoms with E-state index < -0.39 is 0 Å². The van der Waals surface area contributed by atoms with E-state index in [0.29, 0.717) is 13.0 Å². The van der Waals surface area contributed by atoms with Gasteiger partial charge in [-0.15, -0.1) is 0 Å². The van der Waals surface area contributed by atoms with E-state index in [-0.39, 0.29) is 5.91 Å². The van der Waals surface area contributed by atoms with Crippen LogP contribution in [0.15, 0.2) is 30.3 Å². The Morgan fingerprint density at radius 3 is 2.42 bits per heavy atom. The fraction of sp³-hybridized carbons (Fsp3) is 0.312. The number of hydrogen-bond acceptors (Lipinski definition) is 1. The number of aryl methyl sites for hydroxylation is 3. The molecule has 100 valence electrons. The van der Waals surface area contributed by atoms with Crippen molar-refractivity contribution in [2.24, 2.45) is 0 Å². The van der Waals surface area contributed by atoms with Crippen molar-refractivity contribution in [2.45, 2.75) is 33.7 Å². The summed E-state index contributed by atoms with van der Waals surface area (Å²) in [5.74, 6) is 0.0580. The van der Waals surface area contributed by atoms with Crippen molar-refractivity contribution in [3.8, 4) is 0 Å². The molecule has 0 saturated carbocycles. The zero-order valence-electron chi connectivity index (χ0n) is 11.7. The van der Waals surface area contributed by atoms with E-state index in [9.17, 15) is 4.79 Å². The lowest BCUT2D eigenvalue weighted by molar-refractivity contribution is -0.120. The van der Waals surface area contributed by atoms with E-state index in [1.807, 2.05) is 32.0 Å². The van der Waals surface area contributed by atoms with Crippen LogP contribution in [0.4, 0.5) is 0 Å². The van der Waals surface area contributed by atoms with E-state index in [1.54, 1.807) is 0 Å². The average Bonchev–Trinajstić information content (AvgIpc) is 2.67. The predicted molar refractivity (Wildman–Crippen MR) is 77.0 cm³/mol. The van der Waals surface area contributed by atoms with Crippen molar-refractivity contribution in [2.75, 3.05) is 0 Å². The Hall–Kier alpha value is -2.03. The monoisotopic (exact) mass is 256 g/mol. The van der Waals surface area contributed by atoms with E-state index in [4.69, 9.17) is 0 Å². The number of aromatic amines is 1. The first-order valence-electron chi connectivity index (χ1n) is 6.52. The second kappa shape index (κ2) is 5.74. The number of H-pyrrole nitrogens is 1. The summed E-state index contributed by atoms with van der Waals surface area (Å²) in [4.78, 5) is 15.1. The minimum atomic E-state index is 0.0580. The topological polar surface area (TPSA) is 44.9 Å². The van der Waals surface area contributed by atoms with Gasteiger partial charge in [0.05, 0.1) is 6.42 Å². The fourth-order valence-corrected chi connectivity index (χ4v) is 2.11. The summed E-state index contributed by atoms with van der Waals surface area (Å²) in [5, 5.41) is 2.95. The van der Waals surface area contributed by atoms with Gasteiger partial charge in [-0.05, 0) is 38.0 Å². The summed E-state index contributed by atoms with van der Waals surface area (Å²) < 4.78 is 0. The van der Waals surface area contributed by atoms with Crippen LogP contribution in [0.25, 0.3) is 0 Å². The molecule has 1 heterocycles. The molecule has 0 fully saturated rings. The molecule has 19 heavy (non-hydrogen) atoms. The molecular formula is C16H20N2O. The number of hydrogen-bond donors (Lipinski definition) is 2. The molecule has 0 saturated heterocycles. The summed E-state index contributed by atoms with van der Waals surface area (Å²) in [6.07, 6.45) is 0.433. The molecule has 0 bridgehead atoms. The minimum absolute atomic E-state index is 0.0580. The quantitative estimate of drug-likeness (QED) is 0.868. The second-order valence-electron chi connectivity index (χ2n) is 5.04. The molecule has 0 radical (unpaired) electrons. The first-order valence-corrected chi connectivity index (χ1v) is 6.52. The predicted octanol–water partition coefficient (Wildman–Crippen LogP) is 2.80.